The summed E-state index contributed by atoms with van der Waals surface area (Å²) < 4.78 is 31.3. The SMILES string of the molecule is COc1ccc(C2(c3ccc(OC)cc3)C=Cc3c(c4c(c5c3C3(CC(C)(C)CC(C)(C)C3)c3ccccc3-5)CC(N3CCCCC3)C(c3ccc(OC)cc3OC)=C4)O2)cc1. The molecule has 0 bridgehead atoms. The first kappa shape index (κ1) is 40.6. The predicted molar refractivity (Wildman–Crippen MR) is 251 cm³/mol. The Morgan fingerprint density at radius 1 is 0.629 bits per heavy atom. The predicted octanol–water partition coefficient (Wildman–Crippen LogP) is 12.5. The molecule has 1 atom stereocenters. The van der Waals surface area contributed by atoms with E-state index < -0.39 is 5.60 Å². The van der Waals surface area contributed by atoms with Gasteiger partial charge in [-0.2, -0.15) is 0 Å². The second kappa shape index (κ2) is 15.1. The second-order valence-electron chi connectivity index (χ2n) is 20.0. The van der Waals surface area contributed by atoms with Crippen LogP contribution in [-0.4, -0.2) is 52.5 Å². The molecule has 5 aliphatic rings. The van der Waals surface area contributed by atoms with Crippen LogP contribution in [0.2, 0.25) is 0 Å². The van der Waals surface area contributed by atoms with E-state index in [0.717, 1.165) is 83.4 Å². The number of ether oxygens (including phenoxy) is 5. The van der Waals surface area contributed by atoms with Gasteiger partial charge in [-0.1, -0.05) is 88.7 Å². The Morgan fingerprint density at radius 2 is 1.24 bits per heavy atom. The molecule has 0 aromatic heterocycles. The molecule has 6 heteroatoms. The average molecular weight is 828 g/mol. The molecule has 0 amide bonds. The van der Waals surface area contributed by atoms with E-state index in [0.29, 0.717) is 0 Å². The maximum Gasteiger partial charge on any atom is 0.178 e. The molecule has 1 saturated heterocycles. The van der Waals surface area contributed by atoms with Crippen LogP contribution in [0.1, 0.15) is 111 Å². The summed E-state index contributed by atoms with van der Waals surface area (Å²) in [6, 6.07) is 32.6. The molecular weight excluding hydrogens is 767 g/mol. The van der Waals surface area contributed by atoms with Crippen molar-refractivity contribution in [3.63, 3.8) is 0 Å². The van der Waals surface area contributed by atoms with Gasteiger partial charge >= 0.3 is 0 Å². The van der Waals surface area contributed by atoms with Crippen LogP contribution in [0, 0.1) is 10.8 Å². The van der Waals surface area contributed by atoms with Crippen molar-refractivity contribution < 1.29 is 23.7 Å². The van der Waals surface area contributed by atoms with Crippen molar-refractivity contribution in [1.82, 2.24) is 4.90 Å². The maximum absolute atomic E-state index is 7.98. The van der Waals surface area contributed by atoms with Gasteiger partial charge in [0.25, 0.3) is 0 Å². The first-order valence-electron chi connectivity index (χ1n) is 22.6. The lowest BCUT2D eigenvalue weighted by Crippen LogP contribution is -2.45. The fourth-order valence-electron chi connectivity index (χ4n) is 12.9. The van der Waals surface area contributed by atoms with E-state index in [1.807, 2.05) is 30.3 Å². The summed E-state index contributed by atoms with van der Waals surface area (Å²) >= 11 is 0. The number of likely N-dealkylation sites (tertiary alicyclic amines) is 1. The number of piperidine rings is 1. The fraction of sp³-hybridized carbons (Fsp3) is 0.393. The molecule has 2 fully saturated rings. The van der Waals surface area contributed by atoms with E-state index in [1.54, 1.807) is 28.4 Å². The smallest absolute Gasteiger partial charge is 0.178 e. The molecule has 1 spiro atoms. The molecule has 0 radical (unpaired) electrons. The molecule has 1 unspecified atom stereocenters. The van der Waals surface area contributed by atoms with Crippen molar-refractivity contribution in [2.24, 2.45) is 10.8 Å². The minimum Gasteiger partial charge on any atom is -0.497 e. The summed E-state index contributed by atoms with van der Waals surface area (Å²) in [7, 11) is 6.93. The summed E-state index contributed by atoms with van der Waals surface area (Å²) in [5.41, 5.74) is 13.1. The van der Waals surface area contributed by atoms with E-state index in [4.69, 9.17) is 23.7 Å². The number of fused-ring (bicyclic) bond motifs is 10. The monoisotopic (exact) mass is 827 g/mol. The van der Waals surface area contributed by atoms with Gasteiger partial charge in [-0.25, -0.2) is 0 Å². The molecule has 2 aliphatic heterocycles. The Bertz CT molecular complexity index is 2530. The number of hydrogen-bond donors (Lipinski definition) is 0. The maximum atomic E-state index is 7.98. The van der Waals surface area contributed by atoms with Gasteiger partial charge in [0.2, 0.25) is 0 Å². The molecule has 2 heterocycles. The highest BCUT2D eigenvalue weighted by Gasteiger charge is 2.56. The van der Waals surface area contributed by atoms with Crippen molar-refractivity contribution in [3.8, 4) is 39.9 Å². The molecular formula is C56H61NO5. The number of methoxy groups -OCH3 is 4. The summed E-state index contributed by atoms with van der Waals surface area (Å²) in [5.74, 6) is 4.16. The highest BCUT2D eigenvalue weighted by molar-refractivity contribution is 5.99. The van der Waals surface area contributed by atoms with Crippen molar-refractivity contribution in [2.45, 2.75) is 89.7 Å². The third-order valence-corrected chi connectivity index (χ3v) is 14.7. The first-order valence-corrected chi connectivity index (χ1v) is 22.6. The van der Waals surface area contributed by atoms with Crippen molar-refractivity contribution in [1.29, 1.82) is 0 Å². The quantitative estimate of drug-likeness (QED) is 0.155. The number of rotatable bonds is 8. The minimum atomic E-state index is -0.938. The topological polar surface area (TPSA) is 49.4 Å². The number of hydrogen-bond acceptors (Lipinski definition) is 6. The summed E-state index contributed by atoms with van der Waals surface area (Å²) in [6.07, 6.45) is 15.1. The van der Waals surface area contributed by atoms with Gasteiger partial charge in [0.05, 0.1) is 28.4 Å². The molecule has 5 aromatic carbocycles. The minimum absolute atomic E-state index is 0.128. The number of nitrogens with zero attached hydrogens (tertiary/aromatic N) is 1. The zero-order valence-corrected chi connectivity index (χ0v) is 37.8. The van der Waals surface area contributed by atoms with Crippen molar-refractivity contribution in [3.05, 3.63) is 142 Å². The van der Waals surface area contributed by atoms with Gasteiger partial charge in [-0.3, -0.25) is 4.90 Å². The van der Waals surface area contributed by atoms with Crippen LogP contribution < -0.4 is 23.7 Å². The summed E-state index contributed by atoms with van der Waals surface area (Å²) in [6.45, 7) is 12.1. The van der Waals surface area contributed by atoms with E-state index in [9.17, 15) is 0 Å². The molecule has 3 aliphatic carbocycles. The van der Waals surface area contributed by atoms with Crippen LogP contribution in [0.15, 0.2) is 97.1 Å². The van der Waals surface area contributed by atoms with E-state index >= 15 is 0 Å². The van der Waals surface area contributed by atoms with Gasteiger partial charge < -0.3 is 23.7 Å². The van der Waals surface area contributed by atoms with Crippen LogP contribution in [0.5, 0.6) is 28.7 Å². The van der Waals surface area contributed by atoms with Gasteiger partial charge in [0.15, 0.2) is 5.60 Å². The lowest BCUT2D eigenvalue weighted by molar-refractivity contribution is 0.0641. The zero-order chi connectivity index (χ0) is 43.0. The van der Waals surface area contributed by atoms with Gasteiger partial charge in [0, 0.05) is 45.3 Å². The Hall–Kier alpha value is -5.46. The largest absolute Gasteiger partial charge is 0.497 e. The number of benzene rings is 5. The summed E-state index contributed by atoms with van der Waals surface area (Å²) in [4.78, 5) is 2.75. The average Bonchev–Trinajstić information content (AvgIpc) is 3.55. The lowest BCUT2D eigenvalue weighted by Gasteiger charge is -2.52. The normalized spacial score (nSPS) is 21.1. The molecule has 6 nitrogen and oxygen atoms in total. The van der Waals surface area contributed by atoms with Gasteiger partial charge in [0.1, 0.15) is 28.7 Å². The van der Waals surface area contributed by atoms with Gasteiger partial charge in [-0.05, 0) is 144 Å². The van der Waals surface area contributed by atoms with Crippen molar-refractivity contribution in [2.75, 3.05) is 41.5 Å². The van der Waals surface area contributed by atoms with E-state index in [1.165, 1.54) is 64.6 Å². The highest BCUT2D eigenvalue weighted by atomic mass is 16.5. The van der Waals surface area contributed by atoms with Gasteiger partial charge in [-0.15, -0.1) is 0 Å². The Morgan fingerprint density at radius 3 is 1.85 bits per heavy atom. The van der Waals surface area contributed by atoms with Crippen LogP contribution in [0.25, 0.3) is 28.9 Å². The second-order valence-corrected chi connectivity index (χ2v) is 20.0. The Kier molecular flexibility index (Phi) is 9.90. The highest BCUT2D eigenvalue weighted by Crippen LogP contribution is 2.67. The molecule has 10 rings (SSSR count). The van der Waals surface area contributed by atoms with E-state index in [-0.39, 0.29) is 22.3 Å². The van der Waals surface area contributed by atoms with Crippen LogP contribution in [0.4, 0.5) is 0 Å². The third kappa shape index (κ3) is 6.46. The molecule has 320 valence electrons. The Balaban J connectivity index is 1.31. The molecule has 0 N–H and O–H groups in total. The molecule has 1 saturated carbocycles. The zero-order valence-electron chi connectivity index (χ0n) is 37.8. The fourth-order valence-corrected chi connectivity index (χ4v) is 12.9. The lowest BCUT2D eigenvalue weighted by atomic mass is 9.52. The van der Waals surface area contributed by atoms with Crippen LogP contribution in [0.3, 0.4) is 0 Å². The summed E-state index contributed by atoms with van der Waals surface area (Å²) in [5, 5.41) is 0. The molecule has 62 heavy (non-hydrogen) atoms. The van der Waals surface area contributed by atoms with E-state index in [2.05, 4.69) is 111 Å². The Labute approximate surface area is 368 Å². The van der Waals surface area contributed by atoms with Crippen molar-refractivity contribution >= 4 is 17.7 Å². The third-order valence-electron chi connectivity index (χ3n) is 14.7. The van der Waals surface area contributed by atoms with Crippen LogP contribution in [-0.2, 0) is 17.4 Å². The van der Waals surface area contributed by atoms with Crippen LogP contribution >= 0.6 is 0 Å². The standard InChI is InChI=1S/C56H61NO5/c1-53(2)33-54(3,4)35-55(34-53)47-15-11-10-14-42(47)50-45-32-48(57-28-12-9-13-29-57)44(41-25-24-40(60-7)30-49(41)61-8)31-46(45)52-43(51(50)55)26-27-56(62-52,36-16-20-38(58-5)21-17-36)37-18-22-39(59-6)23-19-37/h10-11,14-27,30-31,48H,9,12-13,28-29,32-35H2,1-8H3. The first-order chi connectivity index (χ1) is 29.9. The molecule has 5 aromatic rings.